The van der Waals surface area contributed by atoms with Crippen LogP contribution in [0.25, 0.3) is 0 Å². The number of aliphatic imine (C=N–C) groups is 1. The summed E-state index contributed by atoms with van der Waals surface area (Å²) in [4.78, 5) is 4.23. The molecular weight excluding hydrogens is 336 g/mol. The minimum absolute atomic E-state index is 0.111. The monoisotopic (exact) mass is 367 g/mol. The van der Waals surface area contributed by atoms with Gasteiger partial charge in [0.05, 0.1) is 0 Å². The Morgan fingerprint density at radius 1 is 1.19 bits per heavy atom. The van der Waals surface area contributed by atoms with E-state index in [4.69, 9.17) is 4.74 Å². The number of rotatable bonds is 9. The molecule has 4 nitrogen and oxygen atoms in total. The number of halogens is 2. The molecular formula is C20H31F2N3O. The first kappa shape index (κ1) is 20.6. The van der Waals surface area contributed by atoms with Gasteiger partial charge in [0, 0.05) is 38.9 Å². The van der Waals surface area contributed by atoms with E-state index in [9.17, 15) is 8.78 Å². The van der Waals surface area contributed by atoms with E-state index in [1.807, 2.05) is 6.92 Å². The van der Waals surface area contributed by atoms with Crippen molar-refractivity contribution in [3.05, 3.63) is 35.4 Å². The number of hydrogen-bond donors (Lipinski definition) is 2. The highest BCUT2D eigenvalue weighted by molar-refractivity contribution is 5.79. The van der Waals surface area contributed by atoms with Gasteiger partial charge in [0.25, 0.3) is 0 Å². The number of nitrogens with one attached hydrogen (secondary N) is 2. The summed E-state index contributed by atoms with van der Waals surface area (Å²) in [5.41, 5.74) is 0.365. The second kappa shape index (κ2) is 10.5. The highest BCUT2D eigenvalue weighted by atomic mass is 19.1. The van der Waals surface area contributed by atoms with Gasteiger partial charge >= 0.3 is 0 Å². The van der Waals surface area contributed by atoms with Crippen molar-refractivity contribution >= 4 is 5.96 Å². The SMILES string of the molecule is CCOCCC1(CNC(=NC)NCCc2c(F)cccc2F)CCCC1. The number of guanidine groups is 1. The number of nitrogens with zero attached hydrogens (tertiary/aromatic N) is 1. The molecule has 0 unspecified atom stereocenters. The molecule has 0 saturated heterocycles. The molecule has 1 fully saturated rings. The summed E-state index contributed by atoms with van der Waals surface area (Å²) in [5.74, 6) is -0.337. The molecule has 0 aliphatic heterocycles. The van der Waals surface area contributed by atoms with Crippen molar-refractivity contribution < 1.29 is 13.5 Å². The summed E-state index contributed by atoms with van der Waals surface area (Å²) in [7, 11) is 1.71. The second-order valence-corrected chi connectivity index (χ2v) is 6.96. The first-order valence-corrected chi connectivity index (χ1v) is 9.55. The summed E-state index contributed by atoms with van der Waals surface area (Å²) in [6.07, 6.45) is 6.23. The quantitative estimate of drug-likeness (QED) is 0.398. The van der Waals surface area contributed by atoms with Crippen molar-refractivity contribution in [2.24, 2.45) is 10.4 Å². The molecule has 6 heteroatoms. The van der Waals surface area contributed by atoms with Crippen LogP contribution in [0.5, 0.6) is 0 Å². The molecule has 0 atom stereocenters. The Hall–Kier alpha value is -1.69. The van der Waals surface area contributed by atoms with Crippen LogP contribution in [0.4, 0.5) is 8.78 Å². The molecule has 26 heavy (non-hydrogen) atoms. The van der Waals surface area contributed by atoms with E-state index in [0.29, 0.717) is 12.5 Å². The highest BCUT2D eigenvalue weighted by Gasteiger charge is 2.33. The number of hydrogen-bond acceptors (Lipinski definition) is 2. The van der Waals surface area contributed by atoms with Crippen molar-refractivity contribution in [2.45, 2.75) is 45.4 Å². The van der Waals surface area contributed by atoms with Crippen molar-refractivity contribution in [1.29, 1.82) is 0 Å². The molecule has 2 N–H and O–H groups in total. The van der Waals surface area contributed by atoms with Crippen molar-refractivity contribution in [2.75, 3.05) is 33.4 Å². The minimum atomic E-state index is -0.504. The Balaban J connectivity index is 1.81. The van der Waals surface area contributed by atoms with Crippen LogP contribution in [0.3, 0.4) is 0 Å². The van der Waals surface area contributed by atoms with Crippen LogP contribution < -0.4 is 10.6 Å². The van der Waals surface area contributed by atoms with Gasteiger partial charge in [-0.3, -0.25) is 4.99 Å². The van der Waals surface area contributed by atoms with Gasteiger partial charge in [-0.05, 0) is 50.2 Å². The third-order valence-electron chi connectivity index (χ3n) is 5.23. The minimum Gasteiger partial charge on any atom is -0.382 e. The van der Waals surface area contributed by atoms with E-state index in [1.165, 1.54) is 43.9 Å². The van der Waals surface area contributed by atoms with Crippen LogP contribution in [0, 0.1) is 17.0 Å². The number of benzene rings is 1. The molecule has 1 aliphatic rings. The molecule has 0 radical (unpaired) electrons. The largest absolute Gasteiger partial charge is 0.382 e. The average Bonchev–Trinajstić information content (AvgIpc) is 3.09. The Morgan fingerprint density at radius 2 is 1.88 bits per heavy atom. The van der Waals surface area contributed by atoms with Crippen molar-refractivity contribution in [3.8, 4) is 0 Å². The van der Waals surface area contributed by atoms with Gasteiger partial charge in [-0.25, -0.2) is 8.78 Å². The zero-order valence-electron chi connectivity index (χ0n) is 15.9. The predicted molar refractivity (Wildman–Crippen MR) is 101 cm³/mol. The topological polar surface area (TPSA) is 45.6 Å². The maximum atomic E-state index is 13.7. The summed E-state index contributed by atoms with van der Waals surface area (Å²) >= 11 is 0. The van der Waals surface area contributed by atoms with E-state index in [2.05, 4.69) is 15.6 Å². The fourth-order valence-corrected chi connectivity index (χ4v) is 3.64. The summed E-state index contributed by atoms with van der Waals surface area (Å²) in [5, 5.41) is 6.55. The lowest BCUT2D eigenvalue weighted by atomic mass is 9.83. The van der Waals surface area contributed by atoms with Gasteiger partial charge in [0.1, 0.15) is 11.6 Å². The first-order valence-electron chi connectivity index (χ1n) is 9.55. The fourth-order valence-electron chi connectivity index (χ4n) is 3.64. The molecule has 0 heterocycles. The van der Waals surface area contributed by atoms with Crippen LogP contribution >= 0.6 is 0 Å². The lowest BCUT2D eigenvalue weighted by molar-refractivity contribution is 0.105. The van der Waals surface area contributed by atoms with E-state index in [-0.39, 0.29) is 17.4 Å². The Bertz CT molecular complexity index is 566. The van der Waals surface area contributed by atoms with Gasteiger partial charge < -0.3 is 15.4 Å². The van der Waals surface area contributed by atoms with Gasteiger partial charge in [-0.1, -0.05) is 18.9 Å². The van der Waals surface area contributed by atoms with Crippen LogP contribution in [0.15, 0.2) is 23.2 Å². The fraction of sp³-hybridized carbons (Fsp3) is 0.650. The predicted octanol–water partition coefficient (Wildman–Crippen LogP) is 3.66. The van der Waals surface area contributed by atoms with Crippen LogP contribution in [-0.2, 0) is 11.2 Å². The lowest BCUT2D eigenvalue weighted by Crippen LogP contribution is -2.44. The van der Waals surface area contributed by atoms with Gasteiger partial charge in [-0.15, -0.1) is 0 Å². The third-order valence-corrected chi connectivity index (χ3v) is 5.23. The maximum absolute atomic E-state index is 13.7. The zero-order valence-corrected chi connectivity index (χ0v) is 15.9. The van der Waals surface area contributed by atoms with E-state index in [1.54, 1.807) is 7.05 Å². The molecule has 1 saturated carbocycles. The molecule has 0 spiro atoms. The Kier molecular flexibility index (Phi) is 8.29. The molecule has 1 aromatic carbocycles. The summed E-state index contributed by atoms with van der Waals surface area (Å²) < 4.78 is 32.9. The molecule has 1 aliphatic carbocycles. The molecule has 146 valence electrons. The van der Waals surface area contributed by atoms with E-state index < -0.39 is 11.6 Å². The second-order valence-electron chi connectivity index (χ2n) is 6.96. The third kappa shape index (κ3) is 5.94. The van der Waals surface area contributed by atoms with Gasteiger partial charge in [-0.2, -0.15) is 0 Å². The molecule has 0 amide bonds. The van der Waals surface area contributed by atoms with E-state index >= 15 is 0 Å². The Morgan fingerprint density at radius 3 is 2.50 bits per heavy atom. The Labute approximate surface area is 155 Å². The standard InChI is InChI=1S/C20H31F2N3O/c1-3-26-14-12-20(10-4-5-11-20)15-25-19(23-2)24-13-9-16-17(21)7-6-8-18(16)22/h6-8H,3-5,9-15H2,1-2H3,(H2,23,24,25). The lowest BCUT2D eigenvalue weighted by Gasteiger charge is -2.30. The van der Waals surface area contributed by atoms with Crippen molar-refractivity contribution in [1.82, 2.24) is 10.6 Å². The highest BCUT2D eigenvalue weighted by Crippen LogP contribution is 2.40. The van der Waals surface area contributed by atoms with Gasteiger partial charge in [0.15, 0.2) is 5.96 Å². The number of ether oxygens (including phenoxy) is 1. The van der Waals surface area contributed by atoms with Crippen LogP contribution in [-0.4, -0.2) is 39.3 Å². The van der Waals surface area contributed by atoms with Crippen LogP contribution in [0.1, 0.15) is 44.6 Å². The van der Waals surface area contributed by atoms with Crippen LogP contribution in [0.2, 0.25) is 0 Å². The molecule has 0 bridgehead atoms. The molecule has 1 aromatic rings. The maximum Gasteiger partial charge on any atom is 0.191 e. The van der Waals surface area contributed by atoms with E-state index in [0.717, 1.165) is 26.2 Å². The summed E-state index contributed by atoms with van der Waals surface area (Å²) in [6.45, 7) is 4.82. The summed E-state index contributed by atoms with van der Waals surface area (Å²) in [6, 6.07) is 3.95. The smallest absolute Gasteiger partial charge is 0.191 e. The zero-order chi connectivity index (χ0) is 18.8. The first-order chi connectivity index (χ1) is 12.6. The van der Waals surface area contributed by atoms with Gasteiger partial charge in [0.2, 0.25) is 0 Å². The molecule has 2 rings (SSSR count). The normalized spacial score (nSPS) is 16.7. The average molecular weight is 367 g/mol. The van der Waals surface area contributed by atoms with Crippen molar-refractivity contribution in [3.63, 3.8) is 0 Å². The molecule has 0 aromatic heterocycles.